The third-order valence-electron chi connectivity index (χ3n) is 3.05. The fourth-order valence-electron chi connectivity index (χ4n) is 2.17. The van der Waals surface area contributed by atoms with Crippen molar-refractivity contribution >= 4 is 0 Å². The maximum absolute atomic E-state index is 5.29. The minimum Gasteiger partial charge on any atom is -0.382 e. The van der Waals surface area contributed by atoms with Crippen molar-refractivity contribution in [3.63, 3.8) is 0 Å². The Balaban J connectivity index is 1.84. The molecule has 0 amide bonds. The van der Waals surface area contributed by atoms with Gasteiger partial charge in [0.2, 0.25) is 0 Å². The minimum absolute atomic E-state index is 0.803. The van der Waals surface area contributed by atoms with Gasteiger partial charge >= 0.3 is 0 Å². The lowest BCUT2D eigenvalue weighted by Crippen LogP contribution is -2.27. The number of hydrogen-bond donors (Lipinski definition) is 1. The summed E-state index contributed by atoms with van der Waals surface area (Å²) in [5.41, 5.74) is 0. The predicted molar refractivity (Wildman–Crippen MR) is 60.5 cm³/mol. The Morgan fingerprint density at radius 2 is 2.14 bits per heavy atom. The second-order valence-corrected chi connectivity index (χ2v) is 4.47. The van der Waals surface area contributed by atoms with Gasteiger partial charge < -0.3 is 10.1 Å². The molecule has 0 saturated heterocycles. The molecule has 2 nitrogen and oxygen atoms in total. The summed E-state index contributed by atoms with van der Waals surface area (Å²) in [6.07, 6.45) is 6.63. The standard InChI is InChI=1S/C12H25NO/c1-3-14-9-5-4-8-13-12-7-6-11(2)10-12/h11-13H,3-10H2,1-2H3. The average molecular weight is 199 g/mol. The summed E-state index contributed by atoms with van der Waals surface area (Å²) in [6.45, 7) is 7.37. The molecule has 0 aliphatic heterocycles. The van der Waals surface area contributed by atoms with Gasteiger partial charge in [-0.1, -0.05) is 6.92 Å². The van der Waals surface area contributed by atoms with E-state index in [2.05, 4.69) is 19.2 Å². The summed E-state index contributed by atoms with van der Waals surface area (Å²) in [5.74, 6) is 0.941. The van der Waals surface area contributed by atoms with Crippen LogP contribution in [0.15, 0.2) is 0 Å². The van der Waals surface area contributed by atoms with Gasteiger partial charge in [-0.05, 0) is 51.5 Å². The van der Waals surface area contributed by atoms with Crippen molar-refractivity contribution in [1.29, 1.82) is 0 Å². The van der Waals surface area contributed by atoms with E-state index in [4.69, 9.17) is 4.74 Å². The summed E-state index contributed by atoms with van der Waals surface area (Å²) < 4.78 is 5.29. The van der Waals surface area contributed by atoms with Gasteiger partial charge in [-0.15, -0.1) is 0 Å². The molecule has 1 aliphatic rings. The Bertz CT molecular complexity index is 138. The quantitative estimate of drug-likeness (QED) is 0.636. The second kappa shape index (κ2) is 7.24. The summed E-state index contributed by atoms with van der Waals surface area (Å²) >= 11 is 0. The van der Waals surface area contributed by atoms with Gasteiger partial charge in [0, 0.05) is 19.3 Å². The molecular weight excluding hydrogens is 174 g/mol. The van der Waals surface area contributed by atoms with Crippen LogP contribution in [-0.4, -0.2) is 25.8 Å². The topological polar surface area (TPSA) is 21.3 Å². The fourth-order valence-corrected chi connectivity index (χ4v) is 2.17. The monoisotopic (exact) mass is 199 g/mol. The molecular formula is C12H25NO. The van der Waals surface area contributed by atoms with E-state index in [1.165, 1.54) is 38.6 Å². The highest BCUT2D eigenvalue weighted by Crippen LogP contribution is 2.24. The molecule has 0 bridgehead atoms. The van der Waals surface area contributed by atoms with E-state index in [0.717, 1.165) is 25.2 Å². The molecule has 1 N–H and O–H groups in total. The zero-order chi connectivity index (χ0) is 10.2. The van der Waals surface area contributed by atoms with Crippen LogP contribution in [-0.2, 0) is 4.74 Å². The molecule has 2 heteroatoms. The van der Waals surface area contributed by atoms with Gasteiger partial charge in [-0.2, -0.15) is 0 Å². The summed E-state index contributed by atoms with van der Waals surface area (Å²) in [7, 11) is 0. The van der Waals surface area contributed by atoms with Crippen molar-refractivity contribution in [2.24, 2.45) is 5.92 Å². The van der Waals surface area contributed by atoms with E-state index in [-0.39, 0.29) is 0 Å². The Kier molecular flexibility index (Phi) is 6.20. The van der Waals surface area contributed by atoms with Crippen molar-refractivity contribution in [2.75, 3.05) is 19.8 Å². The van der Waals surface area contributed by atoms with Gasteiger partial charge in [0.1, 0.15) is 0 Å². The molecule has 1 fully saturated rings. The van der Waals surface area contributed by atoms with Crippen LogP contribution in [0.5, 0.6) is 0 Å². The summed E-state index contributed by atoms with van der Waals surface area (Å²) in [4.78, 5) is 0. The van der Waals surface area contributed by atoms with Crippen LogP contribution in [0, 0.1) is 5.92 Å². The van der Waals surface area contributed by atoms with Crippen LogP contribution >= 0.6 is 0 Å². The number of ether oxygens (including phenoxy) is 1. The van der Waals surface area contributed by atoms with Crippen molar-refractivity contribution < 1.29 is 4.74 Å². The average Bonchev–Trinajstić information content (AvgIpc) is 2.58. The Labute approximate surface area is 88.4 Å². The zero-order valence-electron chi connectivity index (χ0n) is 9.72. The highest BCUT2D eigenvalue weighted by atomic mass is 16.5. The van der Waals surface area contributed by atoms with Crippen LogP contribution in [0.25, 0.3) is 0 Å². The first kappa shape index (κ1) is 12.0. The van der Waals surface area contributed by atoms with Crippen molar-refractivity contribution in [3.05, 3.63) is 0 Å². The van der Waals surface area contributed by atoms with E-state index in [9.17, 15) is 0 Å². The van der Waals surface area contributed by atoms with Crippen LogP contribution in [0.2, 0.25) is 0 Å². The Morgan fingerprint density at radius 1 is 1.29 bits per heavy atom. The van der Waals surface area contributed by atoms with Crippen molar-refractivity contribution in [1.82, 2.24) is 5.32 Å². The van der Waals surface area contributed by atoms with Crippen LogP contribution < -0.4 is 5.32 Å². The lowest BCUT2D eigenvalue weighted by Gasteiger charge is -2.11. The Hall–Kier alpha value is -0.0800. The Morgan fingerprint density at radius 3 is 2.79 bits per heavy atom. The van der Waals surface area contributed by atoms with E-state index < -0.39 is 0 Å². The number of hydrogen-bond acceptors (Lipinski definition) is 2. The third-order valence-corrected chi connectivity index (χ3v) is 3.05. The molecule has 84 valence electrons. The van der Waals surface area contributed by atoms with Gasteiger partial charge in [0.15, 0.2) is 0 Å². The van der Waals surface area contributed by atoms with E-state index in [1.807, 2.05) is 0 Å². The molecule has 1 aliphatic carbocycles. The molecule has 0 aromatic rings. The first-order chi connectivity index (χ1) is 6.83. The molecule has 1 rings (SSSR count). The zero-order valence-corrected chi connectivity index (χ0v) is 9.72. The second-order valence-electron chi connectivity index (χ2n) is 4.47. The van der Waals surface area contributed by atoms with E-state index in [1.54, 1.807) is 0 Å². The first-order valence-corrected chi connectivity index (χ1v) is 6.14. The van der Waals surface area contributed by atoms with Gasteiger partial charge in [-0.3, -0.25) is 0 Å². The molecule has 0 aromatic carbocycles. The summed E-state index contributed by atoms with van der Waals surface area (Å²) in [5, 5.41) is 3.63. The summed E-state index contributed by atoms with van der Waals surface area (Å²) in [6, 6.07) is 0.803. The normalized spacial score (nSPS) is 27.0. The molecule has 0 radical (unpaired) electrons. The van der Waals surface area contributed by atoms with Crippen LogP contribution in [0.3, 0.4) is 0 Å². The highest BCUT2D eigenvalue weighted by molar-refractivity contribution is 4.77. The molecule has 0 aromatic heterocycles. The maximum atomic E-state index is 5.29. The van der Waals surface area contributed by atoms with E-state index >= 15 is 0 Å². The SMILES string of the molecule is CCOCCCCNC1CCC(C)C1. The van der Waals surface area contributed by atoms with Crippen LogP contribution in [0.1, 0.15) is 46.0 Å². The number of unbranched alkanes of at least 4 members (excludes halogenated alkanes) is 1. The minimum atomic E-state index is 0.803. The molecule has 2 unspecified atom stereocenters. The first-order valence-electron chi connectivity index (χ1n) is 6.14. The fraction of sp³-hybridized carbons (Fsp3) is 1.00. The van der Waals surface area contributed by atoms with Gasteiger partial charge in [0.25, 0.3) is 0 Å². The molecule has 14 heavy (non-hydrogen) atoms. The molecule has 1 saturated carbocycles. The number of nitrogens with one attached hydrogen (secondary N) is 1. The lowest BCUT2D eigenvalue weighted by atomic mass is 10.1. The van der Waals surface area contributed by atoms with Crippen molar-refractivity contribution in [3.8, 4) is 0 Å². The lowest BCUT2D eigenvalue weighted by molar-refractivity contribution is 0.143. The predicted octanol–water partition coefficient (Wildman–Crippen LogP) is 2.58. The third kappa shape index (κ3) is 4.97. The highest BCUT2D eigenvalue weighted by Gasteiger charge is 2.19. The van der Waals surface area contributed by atoms with Gasteiger partial charge in [-0.25, -0.2) is 0 Å². The molecule has 2 atom stereocenters. The number of rotatable bonds is 7. The van der Waals surface area contributed by atoms with Crippen molar-refractivity contribution in [2.45, 2.75) is 52.0 Å². The van der Waals surface area contributed by atoms with E-state index in [0.29, 0.717) is 0 Å². The molecule has 0 heterocycles. The maximum Gasteiger partial charge on any atom is 0.0466 e. The molecule has 0 spiro atoms. The van der Waals surface area contributed by atoms with Gasteiger partial charge in [0.05, 0.1) is 0 Å². The van der Waals surface area contributed by atoms with Crippen LogP contribution in [0.4, 0.5) is 0 Å². The smallest absolute Gasteiger partial charge is 0.0466 e. The largest absolute Gasteiger partial charge is 0.382 e.